The molecule has 1 N–H and O–H groups in total. The molecule has 0 saturated heterocycles. The number of carbonyl (C=O) groups excluding carboxylic acids is 1. The smallest absolute Gasteiger partial charge is 0.341 e. The van der Waals surface area contributed by atoms with Gasteiger partial charge in [0.25, 0.3) is 0 Å². The Kier molecular flexibility index (Phi) is 3.19. The zero-order chi connectivity index (χ0) is 11.6. The van der Waals surface area contributed by atoms with E-state index >= 15 is 0 Å². The predicted octanol–water partition coefficient (Wildman–Crippen LogP) is 1.72. The zero-order valence-corrected chi connectivity index (χ0v) is 10.5. The van der Waals surface area contributed by atoms with E-state index in [2.05, 4.69) is 24.4 Å². The maximum atomic E-state index is 11.5. The molecule has 0 radical (unpaired) electrons. The van der Waals surface area contributed by atoms with E-state index in [4.69, 9.17) is 0 Å². The van der Waals surface area contributed by atoms with Crippen LogP contribution in [0.3, 0.4) is 0 Å². The van der Waals surface area contributed by atoms with Crippen LogP contribution in [0.2, 0.25) is 19.6 Å². The van der Waals surface area contributed by atoms with Gasteiger partial charge in [-0.25, -0.2) is 4.79 Å². The summed E-state index contributed by atoms with van der Waals surface area (Å²) >= 11 is 0. The van der Waals surface area contributed by atoms with Crippen LogP contribution in [0.4, 0.5) is 0 Å². The van der Waals surface area contributed by atoms with Crippen LogP contribution in [0, 0.1) is 0 Å². The molecule has 0 aliphatic carbocycles. The first-order valence-electron chi connectivity index (χ1n) is 4.78. The van der Waals surface area contributed by atoms with Gasteiger partial charge in [0.2, 0.25) is 0 Å². The molecule has 0 aliphatic rings. The summed E-state index contributed by atoms with van der Waals surface area (Å²) in [5.41, 5.74) is 0.319. The molecule has 15 heavy (non-hydrogen) atoms. The monoisotopic (exact) mass is 224 g/mol. The van der Waals surface area contributed by atoms with Crippen LogP contribution in [0.1, 0.15) is 10.4 Å². The average Bonchev–Trinajstić information content (AvgIpc) is 2.15. The third kappa shape index (κ3) is 2.39. The molecule has 0 atom stereocenters. The quantitative estimate of drug-likeness (QED) is 0.614. The number of phenols is 1. The summed E-state index contributed by atoms with van der Waals surface area (Å²) in [5.74, 6) is -0.465. The van der Waals surface area contributed by atoms with Crippen LogP contribution in [-0.4, -0.2) is 26.3 Å². The fourth-order valence-electron chi connectivity index (χ4n) is 1.48. The number of carbonyl (C=O) groups is 1. The van der Waals surface area contributed by atoms with Gasteiger partial charge in [0, 0.05) is 0 Å². The molecule has 3 nitrogen and oxygen atoms in total. The fourth-order valence-corrected chi connectivity index (χ4v) is 3.06. The third-order valence-corrected chi connectivity index (χ3v) is 4.27. The number of hydrogen-bond donors (Lipinski definition) is 1. The molecule has 0 heterocycles. The van der Waals surface area contributed by atoms with Crippen LogP contribution >= 0.6 is 0 Å². The van der Waals surface area contributed by atoms with E-state index in [-0.39, 0.29) is 5.75 Å². The lowest BCUT2D eigenvalue weighted by atomic mass is 10.2. The minimum atomic E-state index is -1.65. The van der Waals surface area contributed by atoms with Crippen molar-refractivity contribution in [1.29, 1.82) is 0 Å². The van der Waals surface area contributed by atoms with Crippen LogP contribution in [0.15, 0.2) is 18.2 Å². The Bertz CT molecular complexity index is 380. The normalized spacial score (nSPS) is 11.2. The lowest BCUT2D eigenvalue weighted by Crippen LogP contribution is -2.41. The summed E-state index contributed by atoms with van der Waals surface area (Å²) in [6, 6.07) is 5.16. The topological polar surface area (TPSA) is 46.5 Å². The van der Waals surface area contributed by atoms with Gasteiger partial charge in [-0.1, -0.05) is 31.8 Å². The molecule has 0 fully saturated rings. The second-order valence-electron chi connectivity index (χ2n) is 4.44. The molecule has 0 unspecified atom stereocenters. The second-order valence-corrected chi connectivity index (χ2v) is 9.48. The standard InChI is InChI=1S/C11H16O3Si/c1-14-11(13)10-8(12)6-5-7-9(10)15(2,3)4/h5-7,12H,1-4H3. The van der Waals surface area contributed by atoms with E-state index < -0.39 is 14.0 Å². The van der Waals surface area contributed by atoms with Crippen molar-refractivity contribution in [3.63, 3.8) is 0 Å². The zero-order valence-electron chi connectivity index (χ0n) is 9.50. The molecule has 1 aromatic rings. The van der Waals surface area contributed by atoms with Gasteiger partial charge in [0.1, 0.15) is 11.3 Å². The van der Waals surface area contributed by atoms with E-state index in [1.54, 1.807) is 6.07 Å². The average molecular weight is 224 g/mol. The number of hydrogen-bond acceptors (Lipinski definition) is 3. The van der Waals surface area contributed by atoms with Gasteiger partial charge in [-0.15, -0.1) is 0 Å². The third-order valence-electron chi connectivity index (χ3n) is 2.24. The molecule has 0 saturated carbocycles. The van der Waals surface area contributed by atoms with Gasteiger partial charge < -0.3 is 9.84 Å². The Balaban J connectivity index is 3.40. The van der Waals surface area contributed by atoms with Crippen LogP contribution in [0.25, 0.3) is 0 Å². The molecule has 4 heteroatoms. The van der Waals surface area contributed by atoms with Crippen molar-refractivity contribution in [2.45, 2.75) is 19.6 Å². The van der Waals surface area contributed by atoms with Crippen molar-refractivity contribution in [1.82, 2.24) is 0 Å². The Morgan fingerprint density at radius 1 is 1.33 bits per heavy atom. The number of ether oxygens (including phenoxy) is 1. The van der Waals surface area contributed by atoms with Crippen molar-refractivity contribution in [2.24, 2.45) is 0 Å². The van der Waals surface area contributed by atoms with Crippen molar-refractivity contribution >= 4 is 19.2 Å². The molecule has 1 aromatic carbocycles. The van der Waals surface area contributed by atoms with Crippen LogP contribution < -0.4 is 5.19 Å². The largest absolute Gasteiger partial charge is 0.507 e. The van der Waals surface area contributed by atoms with E-state index in [1.807, 2.05) is 6.07 Å². The minimum Gasteiger partial charge on any atom is -0.507 e. The second kappa shape index (κ2) is 4.06. The molecule has 0 amide bonds. The van der Waals surface area contributed by atoms with E-state index in [9.17, 15) is 9.90 Å². The molecule has 1 rings (SSSR count). The molecule has 82 valence electrons. The van der Waals surface area contributed by atoms with Crippen molar-refractivity contribution in [3.05, 3.63) is 23.8 Å². The molecular weight excluding hydrogens is 208 g/mol. The van der Waals surface area contributed by atoms with Crippen LogP contribution in [-0.2, 0) is 4.74 Å². The first kappa shape index (κ1) is 11.8. The van der Waals surface area contributed by atoms with E-state index in [0.717, 1.165) is 5.19 Å². The van der Waals surface area contributed by atoms with Gasteiger partial charge in [-0.3, -0.25) is 0 Å². The SMILES string of the molecule is COC(=O)c1c(O)cccc1[Si](C)(C)C. The first-order valence-corrected chi connectivity index (χ1v) is 8.28. The molecular formula is C11H16O3Si. The molecule has 0 aromatic heterocycles. The van der Waals surface area contributed by atoms with Gasteiger partial charge in [0.05, 0.1) is 15.2 Å². The van der Waals surface area contributed by atoms with Crippen LogP contribution in [0.5, 0.6) is 5.75 Å². The van der Waals surface area contributed by atoms with Crippen molar-refractivity contribution in [2.75, 3.05) is 7.11 Å². The number of rotatable bonds is 2. The minimum absolute atomic E-state index is 0.00164. The maximum absolute atomic E-state index is 11.5. The fraction of sp³-hybridized carbons (Fsp3) is 0.364. The molecule has 0 spiro atoms. The number of benzene rings is 1. The van der Waals surface area contributed by atoms with Gasteiger partial charge >= 0.3 is 5.97 Å². The predicted molar refractivity (Wildman–Crippen MR) is 62.4 cm³/mol. The molecule has 0 aliphatic heterocycles. The Morgan fingerprint density at radius 3 is 2.40 bits per heavy atom. The first-order chi connectivity index (χ1) is 6.88. The van der Waals surface area contributed by atoms with E-state index in [1.165, 1.54) is 13.2 Å². The maximum Gasteiger partial charge on any atom is 0.341 e. The summed E-state index contributed by atoms with van der Waals surface area (Å²) in [4.78, 5) is 11.5. The number of esters is 1. The van der Waals surface area contributed by atoms with Gasteiger partial charge in [0.15, 0.2) is 0 Å². The highest BCUT2D eigenvalue weighted by Crippen LogP contribution is 2.18. The number of phenolic OH excluding ortho intramolecular Hbond substituents is 1. The van der Waals surface area contributed by atoms with Crippen molar-refractivity contribution < 1.29 is 14.6 Å². The highest BCUT2D eigenvalue weighted by Gasteiger charge is 2.26. The highest BCUT2D eigenvalue weighted by molar-refractivity contribution is 6.89. The summed E-state index contributed by atoms with van der Waals surface area (Å²) in [7, 11) is -0.327. The summed E-state index contributed by atoms with van der Waals surface area (Å²) in [6.45, 7) is 6.36. The molecule has 0 bridgehead atoms. The number of methoxy groups -OCH3 is 1. The summed E-state index contributed by atoms with van der Waals surface area (Å²) < 4.78 is 4.68. The van der Waals surface area contributed by atoms with Gasteiger partial charge in [-0.05, 0) is 11.3 Å². The summed E-state index contributed by atoms with van der Waals surface area (Å²) in [6.07, 6.45) is 0. The summed E-state index contributed by atoms with van der Waals surface area (Å²) in [5, 5.41) is 10.6. The Hall–Kier alpha value is -1.29. The lowest BCUT2D eigenvalue weighted by molar-refractivity contribution is 0.0599. The lowest BCUT2D eigenvalue weighted by Gasteiger charge is -2.20. The van der Waals surface area contributed by atoms with E-state index in [0.29, 0.717) is 5.56 Å². The Labute approximate surface area is 90.7 Å². The van der Waals surface area contributed by atoms with Gasteiger partial charge in [-0.2, -0.15) is 0 Å². The van der Waals surface area contributed by atoms with Crippen molar-refractivity contribution in [3.8, 4) is 5.75 Å². The highest BCUT2D eigenvalue weighted by atomic mass is 28.3. The number of aromatic hydroxyl groups is 1. The Morgan fingerprint density at radius 2 is 1.93 bits per heavy atom.